The lowest BCUT2D eigenvalue weighted by Gasteiger charge is -2.32. The number of hydrogen-bond donors (Lipinski definition) is 2. The topological polar surface area (TPSA) is 67.6 Å². The maximum atomic E-state index is 11.0. The lowest BCUT2D eigenvalue weighted by Crippen LogP contribution is -2.40. The van der Waals surface area contributed by atoms with E-state index in [2.05, 4.69) is 10.3 Å². The minimum absolute atomic E-state index is 0.0936. The van der Waals surface area contributed by atoms with E-state index < -0.39 is 0 Å². The molecule has 1 unspecified atom stereocenters. The van der Waals surface area contributed by atoms with Crippen LogP contribution in [0.3, 0.4) is 0 Å². The van der Waals surface area contributed by atoms with Crippen molar-refractivity contribution in [2.75, 3.05) is 33.4 Å². The molecule has 3 N–H and O–H groups in total. The molecule has 88 valence electrons. The first-order valence-corrected chi connectivity index (χ1v) is 5.47. The molecular weight excluding hydrogens is 194 g/mol. The second-order valence-corrected chi connectivity index (χ2v) is 4.08. The number of ether oxygens (including phenoxy) is 1. The highest BCUT2D eigenvalue weighted by Crippen LogP contribution is 2.16. The third-order valence-corrected chi connectivity index (χ3v) is 2.82. The van der Waals surface area contributed by atoms with Crippen LogP contribution < -0.4 is 11.3 Å². The first-order valence-electron chi connectivity index (χ1n) is 5.47. The molecule has 1 aliphatic rings. The number of carbonyl (C=O) groups is 1. The summed E-state index contributed by atoms with van der Waals surface area (Å²) in [5, 5.41) is 0. The van der Waals surface area contributed by atoms with Gasteiger partial charge in [-0.2, -0.15) is 0 Å². The SMILES string of the molecule is COCC1CCCN(CCC(=O)NN)C1. The van der Waals surface area contributed by atoms with Gasteiger partial charge in [0.05, 0.1) is 6.61 Å². The van der Waals surface area contributed by atoms with Gasteiger partial charge in [0.2, 0.25) is 5.91 Å². The highest BCUT2D eigenvalue weighted by Gasteiger charge is 2.19. The molecule has 0 aromatic carbocycles. The Labute approximate surface area is 90.9 Å². The van der Waals surface area contributed by atoms with Crippen LogP contribution in [0, 0.1) is 5.92 Å². The smallest absolute Gasteiger partial charge is 0.235 e. The molecule has 15 heavy (non-hydrogen) atoms. The Kier molecular flexibility index (Phi) is 5.60. The van der Waals surface area contributed by atoms with Gasteiger partial charge < -0.3 is 9.64 Å². The number of nitrogens with two attached hydrogens (primary N) is 1. The number of methoxy groups -OCH3 is 1. The molecule has 1 heterocycles. The Morgan fingerprint density at radius 3 is 3.13 bits per heavy atom. The van der Waals surface area contributed by atoms with Crippen LogP contribution in [-0.2, 0) is 9.53 Å². The van der Waals surface area contributed by atoms with E-state index in [0.29, 0.717) is 12.3 Å². The second-order valence-electron chi connectivity index (χ2n) is 4.08. The van der Waals surface area contributed by atoms with Gasteiger partial charge in [0.1, 0.15) is 0 Å². The summed E-state index contributed by atoms with van der Waals surface area (Å²) in [6.07, 6.45) is 2.90. The van der Waals surface area contributed by atoms with Crippen molar-refractivity contribution >= 4 is 5.91 Å². The van der Waals surface area contributed by atoms with E-state index in [1.165, 1.54) is 12.8 Å². The zero-order valence-electron chi connectivity index (χ0n) is 9.37. The molecule has 0 bridgehead atoms. The van der Waals surface area contributed by atoms with Crippen LogP contribution in [0.2, 0.25) is 0 Å². The standard InChI is InChI=1S/C10H21N3O2/c1-15-8-9-3-2-5-13(7-9)6-4-10(14)12-11/h9H,2-8,11H2,1H3,(H,12,14). The molecule has 1 fully saturated rings. The highest BCUT2D eigenvalue weighted by atomic mass is 16.5. The van der Waals surface area contributed by atoms with Gasteiger partial charge in [-0.1, -0.05) is 0 Å². The third kappa shape index (κ3) is 4.59. The molecule has 1 atom stereocenters. The third-order valence-electron chi connectivity index (χ3n) is 2.82. The van der Waals surface area contributed by atoms with Crippen LogP contribution >= 0.6 is 0 Å². The first-order chi connectivity index (χ1) is 7.26. The summed E-state index contributed by atoms with van der Waals surface area (Å²) in [7, 11) is 1.74. The first kappa shape index (κ1) is 12.4. The fourth-order valence-electron chi connectivity index (χ4n) is 2.06. The molecule has 0 aromatic rings. The molecule has 1 saturated heterocycles. The number of piperidine rings is 1. The molecule has 0 aliphatic carbocycles. The fourth-order valence-corrected chi connectivity index (χ4v) is 2.06. The number of hydrogen-bond acceptors (Lipinski definition) is 4. The molecule has 5 nitrogen and oxygen atoms in total. The van der Waals surface area contributed by atoms with Crippen molar-refractivity contribution < 1.29 is 9.53 Å². The lowest BCUT2D eigenvalue weighted by atomic mass is 9.99. The van der Waals surface area contributed by atoms with E-state index >= 15 is 0 Å². The summed E-state index contributed by atoms with van der Waals surface area (Å²) in [5.41, 5.74) is 2.15. The molecule has 0 radical (unpaired) electrons. The zero-order chi connectivity index (χ0) is 11.1. The molecule has 1 amide bonds. The molecule has 1 aliphatic heterocycles. The van der Waals surface area contributed by atoms with Crippen molar-refractivity contribution in [2.24, 2.45) is 11.8 Å². The Hall–Kier alpha value is -0.650. The summed E-state index contributed by atoms with van der Waals surface area (Å²) in [4.78, 5) is 13.3. The van der Waals surface area contributed by atoms with Crippen LogP contribution in [-0.4, -0.2) is 44.2 Å². The second kappa shape index (κ2) is 6.76. The van der Waals surface area contributed by atoms with Gasteiger partial charge >= 0.3 is 0 Å². The van der Waals surface area contributed by atoms with Crippen LogP contribution in [0.5, 0.6) is 0 Å². The fraction of sp³-hybridized carbons (Fsp3) is 0.900. The Morgan fingerprint density at radius 1 is 1.67 bits per heavy atom. The number of likely N-dealkylation sites (tertiary alicyclic amines) is 1. The molecular formula is C10H21N3O2. The average Bonchev–Trinajstić information content (AvgIpc) is 2.27. The van der Waals surface area contributed by atoms with E-state index in [1.807, 2.05) is 0 Å². The highest BCUT2D eigenvalue weighted by molar-refractivity contribution is 5.75. The zero-order valence-corrected chi connectivity index (χ0v) is 9.37. The number of nitrogens with one attached hydrogen (secondary N) is 1. The van der Waals surface area contributed by atoms with Gasteiger partial charge in [-0.25, -0.2) is 5.84 Å². The molecule has 0 spiro atoms. The Bertz CT molecular complexity index is 197. The number of amides is 1. The molecule has 0 saturated carbocycles. The van der Waals surface area contributed by atoms with Crippen molar-refractivity contribution in [1.29, 1.82) is 0 Å². The normalized spacial score (nSPS) is 22.7. The predicted octanol–water partition coefficient (Wildman–Crippen LogP) is -0.275. The van der Waals surface area contributed by atoms with Crippen molar-refractivity contribution in [2.45, 2.75) is 19.3 Å². The van der Waals surface area contributed by atoms with Crippen molar-refractivity contribution in [3.8, 4) is 0 Å². The number of carbonyl (C=O) groups excluding carboxylic acids is 1. The van der Waals surface area contributed by atoms with Gasteiger partial charge in [-0.3, -0.25) is 10.2 Å². The summed E-state index contributed by atoms with van der Waals surface area (Å²) in [6.45, 7) is 3.73. The van der Waals surface area contributed by atoms with Gasteiger partial charge in [-0.05, 0) is 25.3 Å². The van der Waals surface area contributed by atoms with E-state index in [4.69, 9.17) is 10.6 Å². The van der Waals surface area contributed by atoms with Crippen LogP contribution in [0.1, 0.15) is 19.3 Å². The lowest BCUT2D eigenvalue weighted by molar-refractivity contribution is -0.121. The largest absolute Gasteiger partial charge is 0.384 e. The summed E-state index contributed by atoms with van der Waals surface area (Å²) < 4.78 is 5.15. The van der Waals surface area contributed by atoms with Crippen molar-refractivity contribution in [3.63, 3.8) is 0 Å². The van der Waals surface area contributed by atoms with Crippen molar-refractivity contribution in [3.05, 3.63) is 0 Å². The monoisotopic (exact) mass is 215 g/mol. The minimum Gasteiger partial charge on any atom is -0.384 e. The van der Waals surface area contributed by atoms with Crippen LogP contribution in [0.25, 0.3) is 0 Å². The molecule has 0 aromatic heterocycles. The maximum absolute atomic E-state index is 11.0. The predicted molar refractivity (Wildman–Crippen MR) is 58.0 cm³/mol. The van der Waals surface area contributed by atoms with Gasteiger partial charge in [0, 0.05) is 26.6 Å². The summed E-state index contributed by atoms with van der Waals surface area (Å²) in [6, 6.07) is 0. The van der Waals surface area contributed by atoms with Crippen LogP contribution in [0.15, 0.2) is 0 Å². The quantitative estimate of drug-likeness (QED) is 0.376. The summed E-state index contributed by atoms with van der Waals surface area (Å²) >= 11 is 0. The minimum atomic E-state index is -0.0936. The molecule has 1 rings (SSSR count). The van der Waals surface area contributed by atoms with E-state index in [-0.39, 0.29) is 5.91 Å². The number of nitrogens with zero attached hydrogens (tertiary/aromatic N) is 1. The van der Waals surface area contributed by atoms with Crippen molar-refractivity contribution in [1.82, 2.24) is 10.3 Å². The Morgan fingerprint density at radius 2 is 2.47 bits per heavy atom. The summed E-state index contributed by atoms with van der Waals surface area (Å²) in [5.74, 6) is 5.55. The van der Waals surface area contributed by atoms with Gasteiger partial charge in [0.25, 0.3) is 0 Å². The molecule has 5 heteroatoms. The van der Waals surface area contributed by atoms with Crippen LogP contribution in [0.4, 0.5) is 0 Å². The van der Waals surface area contributed by atoms with Gasteiger partial charge in [0.15, 0.2) is 0 Å². The van der Waals surface area contributed by atoms with E-state index in [1.54, 1.807) is 7.11 Å². The number of rotatable bonds is 5. The average molecular weight is 215 g/mol. The van der Waals surface area contributed by atoms with Gasteiger partial charge in [-0.15, -0.1) is 0 Å². The number of hydrazine groups is 1. The van der Waals surface area contributed by atoms with E-state index in [9.17, 15) is 4.79 Å². The Balaban J connectivity index is 2.21. The maximum Gasteiger partial charge on any atom is 0.235 e. The van der Waals surface area contributed by atoms with E-state index in [0.717, 1.165) is 26.2 Å².